The van der Waals surface area contributed by atoms with Crippen LogP contribution in [0.1, 0.15) is 23.5 Å². The normalized spacial score (nSPS) is 24.3. The van der Waals surface area contributed by atoms with E-state index in [-0.39, 0.29) is 12.3 Å². The molecule has 1 aliphatic heterocycles. The van der Waals surface area contributed by atoms with E-state index in [2.05, 4.69) is 45.6 Å². The minimum atomic E-state index is 0.0752. The summed E-state index contributed by atoms with van der Waals surface area (Å²) in [6.45, 7) is 0. The van der Waals surface area contributed by atoms with Gasteiger partial charge in [-0.3, -0.25) is 0 Å². The molecule has 0 aliphatic carbocycles. The van der Waals surface area contributed by atoms with E-state index in [0.717, 1.165) is 0 Å². The molecule has 1 heterocycles. The second-order valence-corrected chi connectivity index (χ2v) is 4.69. The van der Waals surface area contributed by atoms with Gasteiger partial charge in [-0.05, 0) is 11.1 Å². The van der Waals surface area contributed by atoms with Crippen LogP contribution in [-0.2, 0) is 0 Å². The molecule has 2 aromatic rings. The summed E-state index contributed by atoms with van der Waals surface area (Å²) in [4.78, 5) is 0. The van der Waals surface area contributed by atoms with Crippen molar-refractivity contribution in [3.63, 3.8) is 0 Å². The van der Waals surface area contributed by atoms with Crippen LogP contribution < -0.4 is 16.3 Å². The molecule has 1 saturated heterocycles. The zero-order valence-electron chi connectivity index (χ0n) is 10.9. The van der Waals surface area contributed by atoms with E-state index in [1.54, 1.807) is 0 Å². The Bertz CT molecular complexity index is 514. The van der Waals surface area contributed by atoms with Crippen molar-refractivity contribution in [1.29, 1.82) is 0 Å². The highest BCUT2D eigenvalue weighted by Crippen LogP contribution is 2.20. The summed E-state index contributed by atoms with van der Waals surface area (Å²) in [7, 11) is 2.04. The van der Waals surface area contributed by atoms with Crippen LogP contribution in [0.25, 0.3) is 0 Å². The van der Waals surface area contributed by atoms with Crippen LogP contribution in [0, 0.1) is 0 Å². The Hall–Kier alpha value is -1.72. The minimum absolute atomic E-state index is 0.0752. The Kier molecular flexibility index (Phi) is 3.57. The molecule has 0 amide bonds. The molecule has 2 unspecified atom stereocenters. The molecule has 4 nitrogen and oxygen atoms in total. The van der Waals surface area contributed by atoms with E-state index in [1.165, 1.54) is 11.1 Å². The van der Waals surface area contributed by atoms with Crippen LogP contribution in [0.2, 0.25) is 0 Å². The molecule has 3 N–H and O–H groups in total. The number of hydrazine groups is 2. The fourth-order valence-corrected chi connectivity index (χ4v) is 2.32. The Morgan fingerprint density at radius 3 is 1.95 bits per heavy atom. The van der Waals surface area contributed by atoms with Crippen molar-refractivity contribution in [3.05, 3.63) is 71.8 Å². The highest BCUT2D eigenvalue weighted by atomic mass is 15.7. The van der Waals surface area contributed by atoms with Gasteiger partial charge in [0, 0.05) is 7.05 Å². The molecular weight excluding hydrogens is 236 g/mol. The van der Waals surface area contributed by atoms with Crippen molar-refractivity contribution in [1.82, 2.24) is 21.3 Å². The van der Waals surface area contributed by atoms with Gasteiger partial charge in [-0.25, -0.2) is 21.3 Å². The maximum atomic E-state index is 3.44. The second kappa shape index (κ2) is 5.50. The van der Waals surface area contributed by atoms with Crippen molar-refractivity contribution in [2.75, 3.05) is 7.05 Å². The lowest BCUT2D eigenvalue weighted by Crippen LogP contribution is -2.60. The van der Waals surface area contributed by atoms with Crippen LogP contribution in [0.5, 0.6) is 0 Å². The first-order valence-corrected chi connectivity index (χ1v) is 6.44. The summed E-state index contributed by atoms with van der Waals surface area (Å²) in [5, 5.41) is 2.09. The number of nitrogens with zero attached hydrogens (tertiary/aromatic N) is 1. The van der Waals surface area contributed by atoms with Crippen LogP contribution in [-0.4, -0.2) is 12.1 Å². The molecule has 0 saturated carbocycles. The van der Waals surface area contributed by atoms with Gasteiger partial charge in [0.2, 0.25) is 0 Å². The highest BCUT2D eigenvalue weighted by Gasteiger charge is 2.25. The SMILES string of the molecule is CN1NC(c2ccccc2)NNC1c1ccccc1. The molecule has 0 bridgehead atoms. The third-order valence-electron chi connectivity index (χ3n) is 3.33. The first kappa shape index (κ1) is 12.3. The van der Waals surface area contributed by atoms with Gasteiger partial charge in [-0.1, -0.05) is 60.7 Å². The number of hydrogen-bond acceptors (Lipinski definition) is 4. The highest BCUT2D eigenvalue weighted by molar-refractivity contribution is 5.21. The zero-order chi connectivity index (χ0) is 13.1. The fourth-order valence-electron chi connectivity index (χ4n) is 2.32. The Balaban J connectivity index is 1.73. The summed E-state index contributed by atoms with van der Waals surface area (Å²) in [6.07, 6.45) is 0.187. The smallest absolute Gasteiger partial charge is 0.111 e. The van der Waals surface area contributed by atoms with Gasteiger partial charge in [-0.15, -0.1) is 0 Å². The lowest BCUT2D eigenvalue weighted by molar-refractivity contribution is 0.0298. The molecular formula is C15H18N4. The van der Waals surface area contributed by atoms with Gasteiger partial charge in [0.15, 0.2) is 0 Å². The summed E-state index contributed by atoms with van der Waals surface area (Å²) in [5.74, 6) is 0. The summed E-state index contributed by atoms with van der Waals surface area (Å²) in [6, 6.07) is 20.7. The van der Waals surface area contributed by atoms with Crippen molar-refractivity contribution < 1.29 is 0 Å². The molecule has 19 heavy (non-hydrogen) atoms. The topological polar surface area (TPSA) is 39.3 Å². The molecule has 3 rings (SSSR count). The maximum absolute atomic E-state index is 3.44. The standard InChI is InChI=1S/C15H18N4/c1-19-15(13-10-6-3-7-11-13)17-16-14(18-19)12-8-4-2-5-9-12/h2-11,14-18H,1H3. The zero-order valence-corrected chi connectivity index (χ0v) is 10.9. The molecule has 0 radical (unpaired) electrons. The van der Waals surface area contributed by atoms with Gasteiger partial charge in [0.1, 0.15) is 12.3 Å². The largest absolute Gasteiger partial charge is 0.234 e. The van der Waals surface area contributed by atoms with Gasteiger partial charge >= 0.3 is 0 Å². The first-order chi connectivity index (χ1) is 9.34. The van der Waals surface area contributed by atoms with Crippen molar-refractivity contribution in [2.45, 2.75) is 12.3 Å². The Morgan fingerprint density at radius 2 is 1.37 bits per heavy atom. The fraction of sp³-hybridized carbons (Fsp3) is 0.200. The van der Waals surface area contributed by atoms with Gasteiger partial charge in [0.25, 0.3) is 0 Å². The Labute approximate surface area is 113 Å². The van der Waals surface area contributed by atoms with Gasteiger partial charge < -0.3 is 0 Å². The van der Waals surface area contributed by atoms with E-state index in [4.69, 9.17) is 0 Å². The average molecular weight is 254 g/mol. The number of benzene rings is 2. The molecule has 1 fully saturated rings. The van der Waals surface area contributed by atoms with Crippen molar-refractivity contribution in [2.24, 2.45) is 0 Å². The third kappa shape index (κ3) is 2.67. The second-order valence-electron chi connectivity index (χ2n) is 4.69. The number of nitrogens with one attached hydrogen (secondary N) is 3. The Morgan fingerprint density at radius 1 is 0.789 bits per heavy atom. The molecule has 2 atom stereocenters. The van der Waals surface area contributed by atoms with E-state index in [9.17, 15) is 0 Å². The van der Waals surface area contributed by atoms with E-state index in [0.29, 0.717) is 0 Å². The minimum Gasteiger partial charge on any atom is -0.234 e. The number of hydrogen-bond donors (Lipinski definition) is 3. The van der Waals surface area contributed by atoms with E-state index in [1.807, 2.05) is 43.4 Å². The first-order valence-electron chi connectivity index (χ1n) is 6.44. The quantitative estimate of drug-likeness (QED) is 0.766. The summed E-state index contributed by atoms with van der Waals surface area (Å²) in [5.41, 5.74) is 12.5. The maximum Gasteiger partial charge on any atom is 0.111 e. The summed E-state index contributed by atoms with van der Waals surface area (Å²) < 4.78 is 0. The van der Waals surface area contributed by atoms with Crippen molar-refractivity contribution >= 4 is 0 Å². The molecule has 98 valence electrons. The van der Waals surface area contributed by atoms with Gasteiger partial charge in [-0.2, -0.15) is 0 Å². The predicted octanol–water partition coefficient (Wildman–Crippen LogP) is 1.93. The van der Waals surface area contributed by atoms with Crippen molar-refractivity contribution in [3.8, 4) is 0 Å². The molecule has 0 aromatic heterocycles. The van der Waals surface area contributed by atoms with Crippen LogP contribution >= 0.6 is 0 Å². The van der Waals surface area contributed by atoms with Crippen LogP contribution in [0.4, 0.5) is 0 Å². The van der Waals surface area contributed by atoms with Crippen LogP contribution in [0.3, 0.4) is 0 Å². The lowest BCUT2D eigenvalue weighted by Gasteiger charge is -2.40. The van der Waals surface area contributed by atoms with E-state index >= 15 is 0 Å². The predicted molar refractivity (Wildman–Crippen MR) is 75.5 cm³/mol. The lowest BCUT2D eigenvalue weighted by atomic mass is 10.1. The molecule has 0 spiro atoms. The van der Waals surface area contributed by atoms with Gasteiger partial charge in [0.05, 0.1) is 0 Å². The summed E-state index contributed by atoms with van der Waals surface area (Å²) >= 11 is 0. The average Bonchev–Trinajstić information content (AvgIpc) is 2.49. The third-order valence-corrected chi connectivity index (χ3v) is 3.33. The number of rotatable bonds is 2. The van der Waals surface area contributed by atoms with E-state index < -0.39 is 0 Å². The molecule has 2 aromatic carbocycles. The molecule has 4 heteroatoms. The molecule has 1 aliphatic rings. The monoisotopic (exact) mass is 254 g/mol. The van der Waals surface area contributed by atoms with Crippen LogP contribution in [0.15, 0.2) is 60.7 Å².